The molecule has 3 heterocycles. The number of aryl methyl sites for hydroxylation is 1. The number of urea groups is 1. The van der Waals surface area contributed by atoms with Gasteiger partial charge in [-0.1, -0.05) is 24.3 Å². The summed E-state index contributed by atoms with van der Waals surface area (Å²) < 4.78 is 5.56. The van der Waals surface area contributed by atoms with Crippen LogP contribution in [0.5, 0.6) is 0 Å². The van der Waals surface area contributed by atoms with Gasteiger partial charge >= 0.3 is 6.03 Å². The fraction of sp³-hybridized carbons (Fsp3) is 0.591. The molecule has 0 saturated carbocycles. The molecule has 0 spiro atoms. The first-order valence-electron chi connectivity index (χ1n) is 11.0. The Balaban J connectivity index is 1.49. The van der Waals surface area contributed by atoms with E-state index in [9.17, 15) is 14.4 Å². The van der Waals surface area contributed by atoms with Crippen molar-refractivity contribution in [2.75, 3.05) is 33.0 Å². The van der Waals surface area contributed by atoms with E-state index in [2.05, 4.69) is 16.0 Å². The second kappa shape index (κ2) is 9.78. The highest BCUT2D eigenvalue weighted by Crippen LogP contribution is 2.34. The van der Waals surface area contributed by atoms with Crippen LogP contribution in [0, 0.1) is 12.8 Å². The van der Waals surface area contributed by atoms with Gasteiger partial charge in [0.1, 0.15) is 0 Å². The van der Waals surface area contributed by atoms with Crippen molar-refractivity contribution < 1.29 is 19.1 Å². The van der Waals surface area contributed by atoms with Crippen LogP contribution in [0.15, 0.2) is 24.3 Å². The van der Waals surface area contributed by atoms with Crippen LogP contribution < -0.4 is 16.0 Å². The minimum Gasteiger partial charge on any atom is -0.376 e. The van der Waals surface area contributed by atoms with Crippen LogP contribution in [0.1, 0.15) is 30.1 Å². The Morgan fingerprint density at radius 1 is 1.25 bits per heavy atom. The predicted octanol–water partition coefficient (Wildman–Crippen LogP) is 1.01. The second-order valence-corrected chi connectivity index (χ2v) is 9.68. The molecule has 0 aromatic heterocycles. The van der Waals surface area contributed by atoms with Gasteiger partial charge in [-0.25, -0.2) is 4.79 Å². The Morgan fingerprint density at radius 2 is 2.03 bits per heavy atom. The van der Waals surface area contributed by atoms with Crippen LogP contribution in [-0.2, 0) is 14.3 Å². The Morgan fingerprint density at radius 3 is 2.75 bits per heavy atom. The lowest BCUT2D eigenvalue weighted by molar-refractivity contribution is -0.140. The predicted molar refractivity (Wildman–Crippen MR) is 122 cm³/mol. The molecule has 0 aliphatic carbocycles. The van der Waals surface area contributed by atoms with Crippen LogP contribution in [0.4, 0.5) is 4.79 Å². The number of fused-ring (bicyclic) bond motifs is 1. The van der Waals surface area contributed by atoms with Crippen LogP contribution in [-0.4, -0.2) is 78.3 Å². The standard InChI is InChI=1S/C22H31N5O4S/c1-13-7-4-5-9-15(13)18-24-19-17(21(29)27(3)22(30)26(19)2)20(25-18)32-12-16(28)23-11-14-8-6-10-31-14/h4-5,7,9,14,17-20,24-25H,6,8,10-12H2,1-3H3,(H,23,28). The third kappa shape index (κ3) is 4.63. The lowest BCUT2D eigenvalue weighted by Crippen LogP contribution is -2.72. The normalized spacial score (nSPS) is 30.4. The van der Waals surface area contributed by atoms with Crippen LogP contribution >= 0.6 is 11.8 Å². The Bertz CT molecular complexity index is 878. The van der Waals surface area contributed by atoms with Crippen molar-refractivity contribution in [3.05, 3.63) is 35.4 Å². The Labute approximate surface area is 192 Å². The van der Waals surface area contributed by atoms with Gasteiger partial charge in [0.15, 0.2) is 0 Å². The highest BCUT2D eigenvalue weighted by Gasteiger charge is 2.51. The minimum absolute atomic E-state index is 0.0870. The average Bonchev–Trinajstić information content (AvgIpc) is 3.32. The van der Waals surface area contributed by atoms with E-state index in [4.69, 9.17) is 4.74 Å². The van der Waals surface area contributed by atoms with Crippen LogP contribution in [0.2, 0.25) is 0 Å². The number of thioether (sulfide) groups is 1. The van der Waals surface area contributed by atoms with E-state index in [1.165, 1.54) is 18.8 Å². The van der Waals surface area contributed by atoms with Crippen molar-refractivity contribution in [1.82, 2.24) is 25.8 Å². The molecular formula is C22H31N5O4S. The number of imide groups is 1. The van der Waals surface area contributed by atoms with E-state index >= 15 is 0 Å². The molecule has 5 atom stereocenters. The maximum Gasteiger partial charge on any atom is 0.327 e. The van der Waals surface area contributed by atoms with E-state index in [1.54, 1.807) is 11.9 Å². The van der Waals surface area contributed by atoms with E-state index in [0.29, 0.717) is 6.54 Å². The Kier molecular flexibility index (Phi) is 7.04. The number of carbonyl (C=O) groups is 3. The van der Waals surface area contributed by atoms with Gasteiger partial charge in [0.05, 0.1) is 35.5 Å². The van der Waals surface area contributed by atoms with Gasteiger partial charge in [-0.15, -0.1) is 11.8 Å². The third-order valence-electron chi connectivity index (χ3n) is 6.40. The molecule has 10 heteroatoms. The third-order valence-corrected chi connectivity index (χ3v) is 7.62. The van der Waals surface area contributed by atoms with E-state index in [1.807, 2.05) is 31.2 Å². The molecule has 0 bridgehead atoms. The summed E-state index contributed by atoms with van der Waals surface area (Å²) in [5.41, 5.74) is 2.15. The smallest absolute Gasteiger partial charge is 0.327 e. The molecule has 5 unspecified atom stereocenters. The summed E-state index contributed by atoms with van der Waals surface area (Å²) in [6.45, 7) is 3.29. The van der Waals surface area contributed by atoms with Gasteiger partial charge in [-0.3, -0.25) is 25.1 Å². The fourth-order valence-corrected chi connectivity index (χ4v) is 5.68. The monoisotopic (exact) mass is 461 g/mol. The van der Waals surface area contributed by atoms with Gasteiger partial charge in [0.25, 0.3) is 0 Å². The van der Waals surface area contributed by atoms with Crippen LogP contribution in [0.3, 0.4) is 0 Å². The summed E-state index contributed by atoms with van der Waals surface area (Å²) in [6, 6.07) is 7.65. The maximum absolute atomic E-state index is 13.0. The number of nitrogens with zero attached hydrogens (tertiary/aromatic N) is 2. The molecular weight excluding hydrogens is 430 g/mol. The molecule has 174 valence electrons. The number of amides is 4. The summed E-state index contributed by atoms with van der Waals surface area (Å²) in [5.74, 6) is -0.642. The summed E-state index contributed by atoms with van der Waals surface area (Å²) in [6.07, 6.45) is 1.36. The lowest BCUT2D eigenvalue weighted by atomic mass is 9.95. The molecule has 3 aliphatic heterocycles. The molecule has 1 aromatic carbocycles. The number of hydrogen-bond donors (Lipinski definition) is 3. The van der Waals surface area contributed by atoms with Gasteiger partial charge in [0.2, 0.25) is 11.8 Å². The lowest BCUT2D eigenvalue weighted by Gasteiger charge is -2.50. The summed E-state index contributed by atoms with van der Waals surface area (Å²) in [4.78, 5) is 40.8. The highest BCUT2D eigenvalue weighted by atomic mass is 32.2. The number of nitrogens with one attached hydrogen (secondary N) is 3. The van der Waals surface area contributed by atoms with Crippen molar-refractivity contribution in [3.63, 3.8) is 0 Å². The zero-order valence-corrected chi connectivity index (χ0v) is 19.5. The molecule has 0 radical (unpaired) electrons. The van der Waals surface area contributed by atoms with Crippen molar-refractivity contribution >= 4 is 29.6 Å². The van der Waals surface area contributed by atoms with E-state index in [0.717, 1.165) is 35.5 Å². The molecule has 4 rings (SSSR count). The summed E-state index contributed by atoms with van der Waals surface area (Å²) in [5, 5.41) is 9.54. The van der Waals surface area contributed by atoms with Crippen molar-refractivity contribution in [3.8, 4) is 0 Å². The van der Waals surface area contributed by atoms with E-state index < -0.39 is 12.1 Å². The molecule has 1 aromatic rings. The molecule has 3 N–H and O–H groups in total. The SMILES string of the molecule is Cc1ccccc1C1NC(SCC(=O)NCC2CCCO2)C2C(=O)N(C)C(=O)N(C)C2N1. The Hall–Kier alpha value is -2.14. The van der Waals surface area contributed by atoms with Gasteiger partial charge < -0.3 is 15.0 Å². The maximum atomic E-state index is 13.0. The zero-order chi connectivity index (χ0) is 22.8. The first-order valence-corrected chi connectivity index (χ1v) is 12.0. The van der Waals surface area contributed by atoms with Crippen molar-refractivity contribution in [2.24, 2.45) is 5.92 Å². The quantitative estimate of drug-likeness (QED) is 0.581. The highest BCUT2D eigenvalue weighted by molar-refractivity contribution is 8.00. The first-order chi connectivity index (χ1) is 15.4. The zero-order valence-electron chi connectivity index (χ0n) is 18.7. The summed E-state index contributed by atoms with van der Waals surface area (Å²) in [7, 11) is 3.20. The number of hydrogen-bond acceptors (Lipinski definition) is 7. The van der Waals surface area contributed by atoms with Gasteiger partial charge in [-0.05, 0) is 30.9 Å². The van der Waals surface area contributed by atoms with Crippen LogP contribution in [0.25, 0.3) is 0 Å². The molecule has 9 nitrogen and oxygen atoms in total. The average molecular weight is 462 g/mol. The molecule has 3 aliphatic rings. The molecule has 32 heavy (non-hydrogen) atoms. The molecule has 3 fully saturated rings. The number of carbonyl (C=O) groups excluding carboxylic acids is 3. The summed E-state index contributed by atoms with van der Waals surface area (Å²) >= 11 is 1.40. The van der Waals surface area contributed by atoms with Gasteiger partial charge in [-0.2, -0.15) is 0 Å². The van der Waals surface area contributed by atoms with Gasteiger partial charge in [0, 0.05) is 27.2 Å². The number of ether oxygens (including phenoxy) is 1. The molecule has 3 saturated heterocycles. The largest absolute Gasteiger partial charge is 0.376 e. The second-order valence-electron chi connectivity index (χ2n) is 8.55. The first kappa shape index (κ1) is 23.0. The minimum atomic E-state index is -0.515. The van der Waals surface area contributed by atoms with Crippen molar-refractivity contribution in [1.29, 1.82) is 0 Å². The topological polar surface area (TPSA) is 103 Å². The number of rotatable bonds is 6. The molecule has 4 amide bonds. The van der Waals surface area contributed by atoms with Crippen molar-refractivity contribution in [2.45, 2.75) is 43.6 Å². The number of benzene rings is 1. The van der Waals surface area contributed by atoms with E-state index in [-0.39, 0.29) is 41.2 Å². The fourth-order valence-electron chi connectivity index (χ4n) is 4.54.